The second kappa shape index (κ2) is 16.8. The summed E-state index contributed by atoms with van der Waals surface area (Å²) in [5.74, 6) is -0.770. The predicted octanol–water partition coefficient (Wildman–Crippen LogP) is 7.52. The first kappa shape index (κ1) is 37.1. The first-order chi connectivity index (χ1) is 25.1. The zero-order chi connectivity index (χ0) is 36.7. The molecule has 2 aliphatic rings. The maximum atomic E-state index is 14.6. The smallest absolute Gasteiger partial charge is 0.283 e. The fraction of sp³-hybridized carbons (Fsp3) is 0.263. The van der Waals surface area contributed by atoms with Gasteiger partial charge in [0.15, 0.2) is 5.03 Å². The molecule has 0 atom stereocenters. The highest BCUT2D eigenvalue weighted by atomic mass is 35.5. The fourth-order valence-corrected chi connectivity index (χ4v) is 7.57. The van der Waals surface area contributed by atoms with E-state index in [1.807, 2.05) is 24.3 Å². The largest absolute Gasteiger partial charge is 0.381 e. The molecule has 10 nitrogen and oxygen atoms in total. The van der Waals surface area contributed by atoms with Gasteiger partial charge in [0.05, 0.1) is 31.1 Å². The molecule has 52 heavy (non-hydrogen) atoms. The Balaban J connectivity index is 0.000000192. The molecule has 14 heteroatoms. The van der Waals surface area contributed by atoms with E-state index in [1.165, 1.54) is 51.3 Å². The third-order valence-corrected chi connectivity index (χ3v) is 10.9. The Hall–Kier alpha value is -4.62. The minimum absolute atomic E-state index is 0.0188. The summed E-state index contributed by atoms with van der Waals surface area (Å²) in [7, 11) is -2.44. The third-order valence-electron chi connectivity index (χ3n) is 8.70. The van der Waals surface area contributed by atoms with Gasteiger partial charge in [-0.1, -0.05) is 53.5 Å². The molecule has 1 amide bonds. The van der Waals surface area contributed by atoms with Crippen molar-refractivity contribution in [3.8, 4) is 0 Å². The lowest BCUT2D eigenvalue weighted by atomic mass is 10.2. The molecule has 0 bridgehead atoms. The number of hydrogen-bond acceptors (Lipinski definition) is 7. The molecule has 3 heterocycles. The van der Waals surface area contributed by atoms with Crippen LogP contribution >= 0.6 is 23.2 Å². The Morgan fingerprint density at radius 1 is 0.885 bits per heavy atom. The van der Waals surface area contributed by atoms with E-state index in [2.05, 4.69) is 39.6 Å². The molecular weight excluding hydrogens is 726 g/mol. The van der Waals surface area contributed by atoms with Gasteiger partial charge in [-0.2, -0.15) is 13.5 Å². The first-order valence-electron chi connectivity index (χ1n) is 16.8. The number of hydrogen-bond donors (Lipinski definition) is 1. The van der Waals surface area contributed by atoms with E-state index < -0.39 is 15.8 Å². The van der Waals surface area contributed by atoms with Gasteiger partial charge in [0.1, 0.15) is 5.82 Å². The van der Waals surface area contributed by atoms with Crippen molar-refractivity contribution in [3.05, 3.63) is 130 Å². The summed E-state index contributed by atoms with van der Waals surface area (Å²) in [6, 6.07) is 28.6. The molecule has 0 spiro atoms. The molecule has 0 unspecified atom stereocenters. The quantitative estimate of drug-likeness (QED) is 0.157. The average molecular weight is 766 g/mol. The number of nitrogens with zero attached hydrogens (tertiary/aromatic N) is 5. The molecule has 0 saturated carbocycles. The number of benzene rings is 4. The maximum Gasteiger partial charge on any atom is 0.283 e. The van der Waals surface area contributed by atoms with Gasteiger partial charge in [-0.3, -0.25) is 13.8 Å². The molecule has 0 radical (unpaired) electrons. The second-order valence-corrected chi connectivity index (χ2v) is 15.1. The van der Waals surface area contributed by atoms with E-state index in [0.29, 0.717) is 30.0 Å². The van der Waals surface area contributed by atoms with Crippen LogP contribution in [0.1, 0.15) is 24.0 Å². The van der Waals surface area contributed by atoms with Gasteiger partial charge < -0.3 is 19.9 Å². The highest BCUT2D eigenvalue weighted by Gasteiger charge is 2.30. The van der Waals surface area contributed by atoms with Crippen LogP contribution in [-0.2, 0) is 39.7 Å². The van der Waals surface area contributed by atoms with Crippen LogP contribution in [-0.4, -0.2) is 57.0 Å². The number of ether oxygens (including phenoxy) is 1. The minimum Gasteiger partial charge on any atom is -0.381 e. The third kappa shape index (κ3) is 9.23. The molecule has 7 rings (SSSR count). The molecule has 2 fully saturated rings. The Bertz CT molecular complexity index is 2090. The van der Waals surface area contributed by atoms with Crippen molar-refractivity contribution in [2.75, 3.05) is 52.3 Å². The number of aryl methyl sites for hydroxylation is 1. The van der Waals surface area contributed by atoms with E-state index in [4.69, 9.17) is 27.9 Å². The van der Waals surface area contributed by atoms with Crippen LogP contribution in [0.15, 0.2) is 108 Å². The van der Waals surface area contributed by atoms with E-state index in [9.17, 15) is 17.6 Å². The first-order valence-corrected chi connectivity index (χ1v) is 19.0. The summed E-state index contributed by atoms with van der Waals surface area (Å²) in [6.45, 7) is 4.70. The minimum atomic E-state index is -4.07. The van der Waals surface area contributed by atoms with Crippen LogP contribution in [0.4, 0.5) is 27.1 Å². The maximum absolute atomic E-state index is 14.6. The number of carbonyl (C=O) groups is 1. The summed E-state index contributed by atoms with van der Waals surface area (Å²) in [6.07, 6.45) is 2.50. The Morgan fingerprint density at radius 3 is 2.21 bits per heavy atom. The molecule has 4 aromatic carbocycles. The molecule has 5 aromatic rings. The van der Waals surface area contributed by atoms with Gasteiger partial charge in [-0.25, -0.2) is 4.39 Å². The van der Waals surface area contributed by atoms with Crippen LogP contribution in [0.5, 0.6) is 0 Å². The van der Waals surface area contributed by atoms with Gasteiger partial charge in [0.25, 0.3) is 10.0 Å². The van der Waals surface area contributed by atoms with Gasteiger partial charge >= 0.3 is 0 Å². The van der Waals surface area contributed by atoms with E-state index in [0.717, 1.165) is 47.9 Å². The number of amides is 1. The number of halogens is 3. The number of anilines is 4. The number of sulfonamides is 1. The standard InChI is InChI=1S/C21H20ClFN4O3S.C17H19ClN2O/c1-25-12-10-20(24-25)31(29,30)27(14-15-4-6-16(22)7-5-15)17-8-9-18(23)19(13-17)26-11-2-3-21(26)28;18-15-6-4-14(5-7-15)13-19-16-2-1-3-17(12-16)20-8-10-21-11-9-20/h4-10,12-13H,2-3,11,14H2,1H3;1-7,12,19H,8-11,13H2. The van der Waals surface area contributed by atoms with Crippen molar-refractivity contribution in [1.29, 1.82) is 0 Å². The van der Waals surface area contributed by atoms with Crippen molar-refractivity contribution in [3.63, 3.8) is 0 Å². The van der Waals surface area contributed by atoms with Gasteiger partial charge in [-0.15, -0.1) is 0 Å². The number of carbonyl (C=O) groups excluding carboxylic acids is 1. The lowest BCUT2D eigenvalue weighted by Gasteiger charge is -2.29. The monoisotopic (exact) mass is 764 g/mol. The summed E-state index contributed by atoms with van der Waals surface area (Å²) in [5.41, 5.74) is 4.59. The molecule has 2 aliphatic heterocycles. The van der Waals surface area contributed by atoms with Crippen molar-refractivity contribution >= 4 is 61.9 Å². The van der Waals surface area contributed by atoms with Crippen molar-refractivity contribution < 1.29 is 22.3 Å². The Kier molecular flexibility index (Phi) is 12.0. The van der Waals surface area contributed by atoms with Crippen LogP contribution in [0.2, 0.25) is 10.0 Å². The predicted molar refractivity (Wildman–Crippen MR) is 204 cm³/mol. The average Bonchev–Trinajstić information content (AvgIpc) is 3.80. The highest BCUT2D eigenvalue weighted by Crippen LogP contribution is 2.33. The van der Waals surface area contributed by atoms with Crippen LogP contribution in [0.25, 0.3) is 0 Å². The summed E-state index contributed by atoms with van der Waals surface area (Å²) < 4.78 is 49.4. The van der Waals surface area contributed by atoms with E-state index >= 15 is 0 Å². The van der Waals surface area contributed by atoms with Crippen LogP contribution in [0, 0.1) is 5.82 Å². The molecule has 1 N–H and O–H groups in total. The number of nitrogens with one attached hydrogen (secondary N) is 1. The number of rotatable bonds is 10. The molecular formula is C38H39Cl2FN6O4S. The van der Waals surface area contributed by atoms with Crippen molar-refractivity contribution in [2.45, 2.75) is 31.0 Å². The molecule has 1 aromatic heterocycles. The summed E-state index contributed by atoms with van der Waals surface area (Å²) in [4.78, 5) is 15.9. The number of aromatic nitrogens is 2. The Labute approximate surface area is 313 Å². The second-order valence-electron chi connectivity index (χ2n) is 12.4. The normalized spacial score (nSPS) is 14.6. The molecule has 0 aliphatic carbocycles. The van der Waals surface area contributed by atoms with E-state index in [-0.39, 0.29) is 28.9 Å². The lowest BCUT2D eigenvalue weighted by Crippen LogP contribution is -2.36. The molecule has 2 saturated heterocycles. The Morgan fingerprint density at radius 2 is 1.58 bits per heavy atom. The van der Waals surface area contributed by atoms with Crippen molar-refractivity contribution in [1.82, 2.24) is 9.78 Å². The van der Waals surface area contributed by atoms with E-state index in [1.54, 1.807) is 31.3 Å². The van der Waals surface area contributed by atoms with Gasteiger partial charge in [0, 0.05) is 67.3 Å². The van der Waals surface area contributed by atoms with Crippen LogP contribution in [0.3, 0.4) is 0 Å². The zero-order valence-electron chi connectivity index (χ0n) is 28.6. The lowest BCUT2D eigenvalue weighted by molar-refractivity contribution is -0.117. The van der Waals surface area contributed by atoms with Gasteiger partial charge in [0.2, 0.25) is 5.91 Å². The zero-order valence-corrected chi connectivity index (χ0v) is 30.9. The summed E-state index contributed by atoms with van der Waals surface area (Å²) in [5, 5.41) is 8.67. The summed E-state index contributed by atoms with van der Waals surface area (Å²) >= 11 is 11.9. The molecule has 272 valence electrons. The van der Waals surface area contributed by atoms with Gasteiger partial charge in [-0.05, 0) is 84.3 Å². The highest BCUT2D eigenvalue weighted by molar-refractivity contribution is 7.92. The fourth-order valence-electron chi connectivity index (χ4n) is 5.92. The topological polar surface area (TPSA) is 100 Å². The number of morpholine rings is 1. The SMILES string of the molecule is Clc1ccc(CNc2cccc(N3CCOCC3)c2)cc1.Cn1ccc(S(=O)(=O)N(Cc2ccc(Cl)cc2)c2ccc(F)c(N3CCCC3=O)c2)n1. The van der Waals surface area contributed by atoms with Crippen molar-refractivity contribution in [2.24, 2.45) is 7.05 Å². The van der Waals surface area contributed by atoms with Crippen LogP contribution < -0.4 is 19.4 Å².